The maximum absolute atomic E-state index is 2.50. The molecule has 0 bridgehead atoms. The van der Waals surface area contributed by atoms with Crippen LogP contribution in [0, 0.1) is 20.8 Å². The van der Waals surface area contributed by atoms with E-state index < -0.39 is 0 Å². The van der Waals surface area contributed by atoms with Crippen molar-refractivity contribution in [2.45, 2.75) is 46.0 Å². The van der Waals surface area contributed by atoms with Crippen LogP contribution in [0.4, 0.5) is 0 Å². The molecule has 0 spiro atoms. The van der Waals surface area contributed by atoms with Crippen molar-refractivity contribution in [2.75, 3.05) is 0 Å². The third-order valence-corrected chi connectivity index (χ3v) is 8.73. The molecule has 0 radical (unpaired) electrons. The highest BCUT2D eigenvalue weighted by molar-refractivity contribution is 6.04. The van der Waals surface area contributed by atoms with E-state index in [0.29, 0.717) is 5.92 Å². The summed E-state index contributed by atoms with van der Waals surface area (Å²) >= 11 is 0. The van der Waals surface area contributed by atoms with Crippen LogP contribution in [-0.4, -0.2) is 0 Å². The molecule has 5 aromatic carbocycles. The molecular formula is C39H34. The van der Waals surface area contributed by atoms with Crippen LogP contribution in [0.3, 0.4) is 0 Å². The summed E-state index contributed by atoms with van der Waals surface area (Å²) in [5.74, 6) is 0.380. The Balaban J connectivity index is 1.43. The third-order valence-electron chi connectivity index (χ3n) is 8.73. The number of hydrogen-bond acceptors (Lipinski definition) is 0. The van der Waals surface area contributed by atoms with Gasteiger partial charge in [0, 0.05) is 5.92 Å². The molecule has 0 saturated heterocycles. The molecule has 0 heterocycles. The Bertz CT molecular complexity index is 1870. The fourth-order valence-corrected chi connectivity index (χ4v) is 7.18. The Kier molecular flexibility index (Phi) is 5.85. The fraction of sp³-hybridized carbons (Fsp3) is 0.179. The van der Waals surface area contributed by atoms with E-state index in [-0.39, 0.29) is 0 Å². The number of rotatable bonds is 3. The molecule has 0 heteroatoms. The molecule has 0 saturated carbocycles. The zero-order valence-corrected chi connectivity index (χ0v) is 23.1. The van der Waals surface area contributed by atoms with E-state index in [4.69, 9.17) is 0 Å². The molecule has 190 valence electrons. The summed E-state index contributed by atoms with van der Waals surface area (Å²) < 4.78 is 0. The van der Waals surface area contributed by atoms with Gasteiger partial charge in [-0.3, -0.25) is 0 Å². The minimum atomic E-state index is 0.380. The molecule has 7 rings (SSSR count). The van der Waals surface area contributed by atoms with Crippen molar-refractivity contribution >= 4 is 29.0 Å². The average Bonchev–Trinajstić information content (AvgIpc) is 2.95. The van der Waals surface area contributed by atoms with Gasteiger partial charge in [0.05, 0.1) is 0 Å². The van der Waals surface area contributed by atoms with Crippen LogP contribution in [0.5, 0.6) is 0 Å². The van der Waals surface area contributed by atoms with Crippen LogP contribution in [-0.2, 0) is 6.42 Å². The van der Waals surface area contributed by atoms with Crippen molar-refractivity contribution in [3.63, 3.8) is 0 Å². The Morgan fingerprint density at radius 1 is 0.667 bits per heavy atom. The number of allylic oxidation sites excluding steroid dienone is 1. The molecule has 39 heavy (non-hydrogen) atoms. The zero-order valence-electron chi connectivity index (χ0n) is 23.1. The second-order valence-electron chi connectivity index (χ2n) is 11.4. The van der Waals surface area contributed by atoms with Crippen LogP contribution in [0.2, 0.25) is 0 Å². The molecule has 2 aliphatic rings. The van der Waals surface area contributed by atoms with Crippen molar-refractivity contribution in [3.8, 4) is 22.3 Å². The summed E-state index contributed by atoms with van der Waals surface area (Å²) in [6.45, 7) is 6.65. The average molecular weight is 503 g/mol. The fourth-order valence-electron chi connectivity index (χ4n) is 7.18. The summed E-state index contributed by atoms with van der Waals surface area (Å²) in [7, 11) is 0. The van der Waals surface area contributed by atoms with Crippen molar-refractivity contribution < 1.29 is 0 Å². The van der Waals surface area contributed by atoms with E-state index in [1.54, 1.807) is 0 Å². The normalized spacial score (nSPS) is 15.8. The largest absolute Gasteiger partial charge is 0.0836 e. The lowest BCUT2D eigenvalue weighted by molar-refractivity contribution is 0.910. The van der Waals surface area contributed by atoms with Gasteiger partial charge in [0.1, 0.15) is 0 Å². The van der Waals surface area contributed by atoms with Gasteiger partial charge in [0.2, 0.25) is 0 Å². The van der Waals surface area contributed by atoms with Gasteiger partial charge in [-0.1, -0.05) is 115 Å². The van der Waals surface area contributed by atoms with Gasteiger partial charge in [0.25, 0.3) is 0 Å². The predicted octanol–water partition coefficient (Wildman–Crippen LogP) is 8.81. The standard InChI is InChI=1S/C39H34/c1-25-22-26(2)37(27(3)23-25)29-17-19-30(20-18-29)38-33-12-6-8-14-35(33)39(36-15-9-7-13-34(36)38)32-21-16-28-10-4-5-11-31(28)24-32/h4-6,8-12,14-20,22-24,32H,7,13,21H2,1-3H3. The van der Waals surface area contributed by atoms with E-state index in [2.05, 4.69) is 130 Å². The quantitative estimate of drug-likeness (QED) is 0.231. The monoisotopic (exact) mass is 502 g/mol. The highest BCUT2D eigenvalue weighted by atomic mass is 14.3. The lowest BCUT2D eigenvalue weighted by Gasteiger charge is -2.27. The van der Waals surface area contributed by atoms with Crippen LogP contribution in [0.15, 0.2) is 91.0 Å². The topological polar surface area (TPSA) is 0 Å². The minimum Gasteiger partial charge on any atom is -0.0836 e. The smallest absolute Gasteiger partial charge is 0.00742 e. The predicted molar refractivity (Wildman–Crippen MR) is 168 cm³/mol. The SMILES string of the molecule is Cc1cc(C)c(-c2ccc(-c3c4c(c(C5C=c6ccccc6=CC5)c5ccccc35)C=CCC4)cc2)c(C)c1. The van der Waals surface area contributed by atoms with Gasteiger partial charge in [-0.05, 0) is 111 Å². The number of aryl methyl sites for hydroxylation is 3. The van der Waals surface area contributed by atoms with Crippen molar-refractivity contribution in [1.82, 2.24) is 0 Å². The highest BCUT2D eigenvalue weighted by Gasteiger charge is 2.24. The number of benzene rings is 5. The summed E-state index contributed by atoms with van der Waals surface area (Å²) in [4.78, 5) is 0. The van der Waals surface area contributed by atoms with E-state index in [0.717, 1.165) is 19.3 Å². The maximum atomic E-state index is 2.50. The van der Waals surface area contributed by atoms with Crippen LogP contribution in [0.25, 0.3) is 51.3 Å². The van der Waals surface area contributed by atoms with E-state index in [9.17, 15) is 0 Å². The molecule has 0 nitrogen and oxygen atoms in total. The molecule has 5 aromatic rings. The van der Waals surface area contributed by atoms with Gasteiger partial charge in [-0.2, -0.15) is 0 Å². The van der Waals surface area contributed by atoms with Crippen molar-refractivity contribution in [2.24, 2.45) is 0 Å². The lowest BCUT2D eigenvalue weighted by atomic mass is 9.77. The maximum Gasteiger partial charge on any atom is 0.00742 e. The first-order valence-electron chi connectivity index (χ1n) is 14.3. The van der Waals surface area contributed by atoms with Crippen molar-refractivity contribution in [3.05, 3.63) is 135 Å². The van der Waals surface area contributed by atoms with E-state index in [1.165, 1.54) is 76.8 Å². The minimum absolute atomic E-state index is 0.380. The molecule has 1 unspecified atom stereocenters. The Morgan fingerprint density at radius 2 is 1.31 bits per heavy atom. The molecule has 0 N–H and O–H groups in total. The Labute approximate surface area is 231 Å². The van der Waals surface area contributed by atoms with E-state index in [1.807, 2.05) is 0 Å². The summed E-state index contributed by atoms with van der Waals surface area (Å²) in [6.07, 6.45) is 12.9. The second kappa shape index (κ2) is 9.54. The number of fused-ring (bicyclic) bond motifs is 3. The summed E-state index contributed by atoms with van der Waals surface area (Å²) in [5.41, 5.74) is 13.9. The molecule has 0 amide bonds. The third kappa shape index (κ3) is 4.07. The van der Waals surface area contributed by atoms with Crippen LogP contribution in [0.1, 0.15) is 52.1 Å². The highest BCUT2D eigenvalue weighted by Crippen LogP contribution is 2.44. The van der Waals surface area contributed by atoms with Crippen LogP contribution >= 0.6 is 0 Å². The van der Waals surface area contributed by atoms with E-state index >= 15 is 0 Å². The first kappa shape index (κ1) is 23.9. The zero-order chi connectivity index (χ0) is 26.5. The molecule has 0 aromatic heterocycles. The Morgan fingerprint density at radius 3 is 2.05 bits per heavy atom. The lowest BCUT2D eigenvalue weighted by Crippen LogP contribution is -2.28. The molecule has 0 aliphatic heterocycles. The molecule has 1 atom stereocenters. The first-order valence-corrected chi connectivity index (χ1v) is 14.3. The molecule has 2 aliphatic carbocycles. The first-order chi connectivity index (χ1) is 19.1. The molecule has 0 fully saturated rings. The summed E-state index contributed by atoms with van der Waals surface area (Å²) in [6, 6.07) is 31.9. The Hall–Kier alpha value is -4.16. The second-order valence-corrected chi connectivity index (χ2v) is 11.4. The summed E-state index contributed by atoms with van der Waals surface area (Å²) in [5, 5.41) is 5.48. The van der Waals surface area contributed by atoms with Crippen LogP contribution < -0.4 is 10.4 Å². The number of hydrogen-bond donors (Lipinski definition) is 0. The molecular weight excluding hydrogens is 468 g/mol. The van der Waals surface area contributed by atoms with Gasteiger partial charge < -0.3 is 0 Å². The van der Waals surface area contributed by atoms with Gasteiger partial charge in [-0.25, -0.2) is 0 Å². The van der Waals surface area contributed by atoms with Crippen molar-refractivity contribution in [1.29, 1.82) is 0 Å². The van der Waals surface area contributed by atoms with Gasteiger partial charge in [0.15, 0.2) is 0 Å². The van der Waals surface area contributed by atoms with Gasteiger partial charge >= 0.3 is 0 Å². The van der Waals surface area contributed by atoms with Gasteiger partial charge in [-0.15, -0.1) is 0 Å².